The number of anilines is 1. The van der Waals surface area contributed by atoms with Crippen LogP contribution in [0.25, 0.3) is 0 Å². The predicted molar refractivity (Wildman–Crippen MR) is 104 cm³/mol. The maximum Gasteiger partial charge on any atom is 0.341 e. The van der Waals surface area contributed by atoms with Crippen LogP contribution in [0.15, 0.2) is 36.4 Å². The molecule has 1 aromatic heterocycles. The minimum Gasteiger partial charge on any atom is -0.482 e. The number of nitrogens with zero attached hydrogens (tertiary/aromatic N) is 4. The Labute approximate surface area is 163 Å². The van der Waals surface area contributed by atoms with Gasteiger partial charge in [0.15, 0.2) is 12.4 Å². The Hall–Kier alpha value is -3.16. The van der Waals surface area contributed by atoms with Gasteiger partial charge in [0, 0.05) is 31.7 Å². The molecule has 1 aliphatic rings. The zero-order valence-electron chi connectivity index (χ0n) is 16.0. The van der Waals surface area contributed by atoms with Gasteiger partial charge in [0.25, 0.3) is 5.91 Å². The zero-order chi connectivity index (χ0) is 20.1. The van der Waals surface area contributed by atoms with Crippen LogP contribution in [-0.4, -0.2) is 64.9 Å². The van der Waals surface area contributed by atoms with Crippen molar-refractivity contribution in [1.29, 1.82) is 0 Å². The summed E-state index contributed by atoms with van der Waals surface area (Å²) in [5.41, 5.74) is 1.38. The van der Waals surface area contributed by atoms with Gasteiger partial charge in [-0.2, -0.15) is 5.10 Å². The van der Waals surface area contributed by atoms with Gasteiger partial charge < -0.3 is 19.6 Å². The molecule has 1 amide bonds. The van der Waals surface area contributed by atoms with E-state index >= 15 is 0 Å². The third-order valence-corrected chi connectivity index (χ3v) is 4.89. The first-order valence-electron chi connectivity index (χ1n) is 9.21. The summed E-state index contributed by atoms with van der Waals surface area (Å²) in [6, 6.07) is 10.8. The van der Waals surface area contributed by atoms with Crippen molar-refractivity contribution >= 4 is 17.7 Å². The van der Waals surface area contributed by atoms with Crippen LogP contribution in [0, 0.1) is 6.92 Å². The number of aryl methyl sites for hydroxylation is 1. The molecule has 8 heteroatoms. The first kappa shape index (κ1) is 19.6. The molecule has 0 aliphatic carbocycles. The minimum atomic E-state index is -1.05. The van der Waals surface area contributed by atoms with E-state index < -0.39 is 12.6 Å². The summed E-state index contributed by atoms with van der Waals surface area (Å²) in [6.07, 6.45) is 1.68. The lowest BCUT2D eigenvalue weighted by atomic mass is 10.0. The number of carboxylic acid groups (broad SMARTS) is 1. The van der Waals surface area contributed by atoms with Crippen LogP contribution in [0.5, 0.6) is 5.75 Å². The molecule has 8 nitrogen and oxygen atoms in total. The molecule has 3 rings (SSSR count). The molecule has 1 aromatic carbocycles. The number of ether oxygens (including phenoxy) is 1. The lowest BCUT2D eigenvalue weighted by Gasteiger charge is -2.37. The number of carboxylic acids is 1. The van der Waals surface area contributed by atoms with Gasteiger partial charge in [0.2, 0.25) is 0 Å². The van der Waals surface area contributed by atoms with Gasteiger partial charge >= 0.3 is 5.97 Å². The van der Waals surface area contributed by atoms with Crippen LogP contribution in [0.1, 0.15) is 28.9 Å². The normalized spacial score (nSPS) is 14.6. The molecule has 0 atom stereocenters. The summed E-state index contributed by atoms with van der Waals surface area (Å²) < 4.78 is 5.16. The van der Waals surface area contributed by atoms with Crippen molar-refractivity contribution in [3.05, 3.63) is 47.7 Å². The standard InChI is InChI=1S/C20H24N4O4/c1-14-6-7-18(22-21-14)23(2)16-8-10-24(11-9-16)20(27)15-4-3-5-17(12-15)28-13-19(25)26/h3-7,12,16H,8-11,13H2,1-2H3,(H,25,26). The smallest absolute Gasteiger partial charge is 0.341 e. The number of rotatable bonds is 6. The summed E-state index contributed by atoms with van der Waals surface area (Å²) in [6.45, 7) is 2.76. The maximum atomic E-state index is 12.8. The molecule has 1 saturated heterocycles. The van der Waals surface area contributed by atoms with E-state index in [1.165, 1.54) is 0 Å². The number of carbonyl (C=O) groups excluding carboxylic acids is 1. The van der Waals surface area contributed by atoms with E-state index in [9.17, 15) is 9.59 Å². The molecule has 2 heterocycles. The summed E-state index contributed by atoms with van der Waals surface area (Å²) in [7, 11) is 2.00. The van der Waals surface area contributed by atoms with Gasteiger partial charge in [-0.1, -0.05) is 6.07 Å². The molecule has 0 saturated carbocycles. The summed E-state index contributed by atoms with van der Waals surface area (Å²) in [4.78, 5) is 27.4. The lowest BCUT2D eigenvalue weighted by molar-refractivity contribution is -0.139. The van der Waals surface area contributed by atoms with Gasteiger partial charge in [-0.25, -0.2) is 4.79 Å². The quantitative estimate of drug-likeness (QED) is 0.814. The van der Waals surface area contributed by atoms with E-state index in [1.807, 2.05) is 31.0 Å². The fourth-order valence-corrected chi connectivity index (χ4v) is 3.27. The first-order valence-corrected chi connectivity index (χ1v) is 9.21. The average molecular weight is 384 g/mol. The molecular weight excluding hydrogens is 360 g/mol. The van der Waals surface area contributed by atoms with Crippen molar-refractivity contribution in [3.8, 4) is 5.75 Å². The molecule has 148 valence electrons. The highest BCUT2D eigenvalue weighted by Crippen LogP contribution is 2.22. The number of piperidine rings is 1. The Kier molecular flexibility index (Phi) is 6.08. The van der Waals surface area contributed by atoms with E-state index in [-0.39, 0.29) is 5.91 Å². The first-order chi connectivity index (χ1) is 13.4. The second-order valence-corrected chi connectivity index (χ2v) is 6.88. The Balaban J connectivity index is 1.58. The third kappa shape index (κ3) is 4.76. The molecule has 2 aromatic rings. The number of hydrogen-bond acceptors (Lipinski definition) is 6. The maximum absolute atomic E-state index is 12.8. The van der Waals surface area contributed by atoms with E-state index in [0.717, 1.165) is 24.4 Å². The van der Waals surface area contributed by atoms with Crippen molar-refractivity contribution in [3.63, 3.8) is 0 Å². The van der Waals surface area contributed by atoms with Gasteiger partial charge in [-0.3, -0.25) is 4.79 Å². The van der Waals surface area contributed by atoms with Crippen molar-refractivity contribution in [2.75, 3.05) is 31.6 Å². The molecule has 0 unspecified atom stereocenters. The van der Waals surface area contributed by atoms with Crippen molar-refractivity contribution in [1.82, 2.24) is 15.1 Å². The molecule has 1 fully saturated rings. The lowest BCUT2D eigenvalue weighted by Crippen LogP contribution is -2.46. The van der Waals surface area contributed by atoms with Crippen LogP contribution < -0.4 is 9.64 Å². The van der Waals surface area contributed by atoms with E-state index in [4.69, 9.17) is 9.84 Å². The minimum absolute atomic E-state index is 0.0722. The molecule has 0 bridgehead atoms. The second kappa shape index (κ2) is 8.69. The average Bonchev–Trinajstić information content (AvgIpc) is 2.72. The number of carbonyl (C=O) groups is 2. The van der Waals surface area contributed by atoms with E-state index in [1.54, 1.807) is 24.3 Å². The fourth-order valence-electron chi connectivity index (χ4n) is 3.27. The molecule has 1 aliphatic heterocycles. The molecular formula is C20H24N4O4. The summed E-state index contributed by atoms with van der Waals surface area (Å²) in [5, 5.41) is 17.1. The number of aliphatic carboxylic acids is 1. The van der Waals surface area contributed by atoms with Gasteiger partial charge in [-0.15, -0.1) is 5.10 Å². The van der Waals surface area contributed by atoms with E-state index in [0.29, 0.717) is 30.4 Å². The Morgan fingerprint density at radius 2 is 1.96 bits per heavy atom. The van der Waals surface area contributed by atoms with Crippen LogP contribution >= 0.6 is 0 Å². The van der Waals surface area contributed by atoms with Crippen molar-refractivity contribution in [2.24, 2.45) is 0 Å². The third-order valence-electron chi connectivity index (χ3n) is 4.89. The Morgan fingerprint density at radius 3 is 2.61 bits per heavy atom. The van der Waals surface area contributed by atoms with Crippen LogP contribution in [-0.2, 0) is 4.79 Å². The van der Waals surface area contributed by atoms with Crippen LogP contribution in [0.2, 0.25) is 0 Å². The number of benzene rings is 1. The highest BCUT2D eigenvalue weighted by molar-refractivity contribution is 5.94. The van der Waals surface area contributed by atoms with E-state index in [2.05, 4.69) is 15.1 Å². The summed E-state index contributed by atoms with van der Waals surface area (Å²) in [5.74, 6) is 0.0812. The van der Waals surface area contributed by atoms with Crippen molar-refractivity contribution in [2.45, 2.75) is 25.8 Å². The number of aromatic nitrogens is 2. The molecule has 0 spiro atoms. The largest absolute Gasteiger partial charge is 0.482 e. The second-order valence-electron chi connectivity index (χ2n) is 6.88. The number of amides is 1. The highest BCUT2D eigenvalue weighted by atomic mass is 16.5. The predicted octanol–water partition coefficient (Wildman–Crippen LogP) is 1.99. The van der Waals surface area contributed by atoms with Gasteiger partial charge in [-0.05, 0) is 50.1 Å². The van der Waals surface area contributed by atoms with Gasteiger partial charge in [0.1, 0.15) is 5.75 Å². The topological polar surface area (TPSA) is 95.9 Å². The highest BCUT2D eigenvalue weighted by Gasteiger charge is 2.26. The van der Waals surface area contributed by atoms with Crippen LogP contribution in [0.4, 0.5) is 5.82 Å². The fraction of sp³-hybridized carbons (Fsp3) is 0.400. The molecule has 1 N–H and O–H groups in total. The summed E-state index contributed by atoms with van der Waals surface area (Å²) >= 11 is 0. The monoisotopic (exact) mass is 384 g/mol. The Bertz CT molecular complexity index is 832. The molecule has 28 heavy (non-hydrogen) atoms. The van der Waals surface area contributed by atoms with Crippen molar-refractivity contribution < 1.29 is 19.4 Å². The van der Waals surface area contributed by atoms with Crippen LogP contribution in [0.3, 0.4) is 0 Å². The molecule has 0 radical (unpaired) electrons. The number of likely N-dealkylation sites (tertiary alicyclic amines) is 1. The Morgan fingerprint density at radius 1 is 1.21 bits per heavy atom. The number of hydrogen-bond donors (Lipinski definition) is 1. The zero-order valence-corrected chi connectivity index (χ0v) is 16.0. The SMILES string of the molecule is Cc1ccc(N(C)C2CCN(C(=O)c3cccc(OCC(=O)O)c3)CC2)nn1. The van der Waals surface area contributed by atoms with Gasteiger partial charge in [0.05, 0.1) is 5.69 Å².